The number of morpholine rings is 1. The number of nitrogens with one attached hydrogen (secondary N) is 2. The quantitative estimate of drug-likeness (QED) is 0.558. The number of hydrogen-bond donors (Lipinski definition) is 2. The van der Waals surface area contributed by atoms with E-state index in [1.807, 2.05) is 0 Å². The lowest BCUT2D eigenvalue weighted by atomic mass is 9.80. The summed E-state index contributed by atoms with van der Waals surface area (Å²) in [4.78, 5) is 20.1. The second-order valence-corrected chi connectivity index (χ2v) is 9.95. The van der Waals surface area contributed by atoms with Crippen LogP contribution in [0, 0.1) is 0 Å². The number of piperazine rings is 1. The summed E-state index contributed by atoms with van der Waals surface area (Å²) in [5.74, 6) is 0. The van der Waals surface area contributed by atoms with Gasteiger partial charge >= 0.3 is 6.03 Å². The Hall–Kier alpha value is -1.67. The topological polar surface area (TPSA) is 60.1 Å². The van der Waals surface area contributed by atoms with Crippen LogP contribution in [0.1, 0.15) is 44.1 Å². The van der Waals surface area contributed by atoms with Crippen molar-refractivity contribution in [1.82, 2.24) is 25.3 Å². The molecule has 0 aromatic heterocycles. The molecule has 33 heavy (non-hydrogen) atoms. The Balaban J connectivity index is 1.10. The van der Waals surface area contributed by atoms with Crippen LogP contribution in [0.4, 0.5) is 4.79 Å². The molecule has 2 heterocycles. The fourth-order valence-electron chi connectivity index (χ4n) is 5.68. The molecule has 0 bridgehead atoms. The van der Waals surface area contributed by atoms with Crippen LogP contribution in [0.2, 0.25) is 0 Å². The molecule has 0 spiro atoms. The van der Waals surface area contributed by atoms with Gasteiger partial charge in [0.25, 0.3) is 0 Å². The lowest BCUT2D eigenvalue weighted by molar-refractivity contribution is -0.0357. The molecule has 3 aliphatic rings. The van der Waals surface area contributed by atoms with E-state index in [1.165, 1.54) is 37.7 Å². The predicted molar refractivity (Wildman–Crippen MR) is 132 cm³/mol. The van der Waals surface area contributed by atoms with Crippen molar-refractivity contribution in [1.29, 1.82) is 0 Å². The highest BCUT2D eigenvalue weighted by atomic mass is 16.5. The Kier molecular flexibility index (Phi) is 9.41. The summed E-state index contributed by atoms with van der Waals surface area (Å²) in [5.41, 5.74) is 1.52. The SMILES string of the molecule is O=C(NCCCN1CCN(Cc2ccccc2)CC1)NCC1(N2CCOCC2)CCCCC1. The minimum absolute atomic E-state index is 0.0131. The Bertz CT molecular complexity index is 696. The van der Waals surface area contributed by atoms with Crippen molar-refractivity contribution >= 4 is 6.03 Å². The first kappa shape index (κ1) is 24.5. The minimum atomic E-state index is -0.0131. The summed E-state index contributed by atoms with van der Waals surface area (Å²) in [6.45, 7) is 11.6. The Morgan fingerprint density at radius 3 is 2.30 bits per heavy atom. The largest absolute Gasteiger partial charge is 0.379 e. The molecule has 2 saturated heterocycles. The molecular weight excluding hydrogens is 414 g/mol. The lowest BCUT2D eigenvalue weighted by Gasteiger charge is -2.48. The Morgan fingerprint density at radius 1 is 0.879 bits per heavy atom. The maximum atomic E-state index is 12.5. The number of ether oxygens (including phenoxy) is 1. The van der Waals surface area contributed by atoms with Gasteiger partial charge in [-0.2, -0.15) is 0 Å². The van der Waals surface area contributed by atoms with Gasteiger partial charge in [0, 0.05) is 64.4 Å². The van der Waals surface area contributed by atoms with Gasteiger partial charge in [0.05, 0.1) is 13.2 Å². The second kappa shape index (κ2) is 12.7. The number of rotatable bonds is 9. The van der Waals surface area contributed by atoms with E-state index >= 15 is 0 Å². The molecule has 184 valence electrons. The van der Waals surface area contributed by atoms with Crippen molar-refractivity contribution in [3.63, 3.8) is 0 Å². The number of urea groups is 1. The van der Waals surface area contributed by atoms with Crippen LogP contribution in [0.3, 0.4) is 0 Å². The molecule has 1 aromatic carbocycles. The van der Waals surface area contributed by atoms with Crippen LogP contribution < -0.4 is 10.6 Å². The number of amides is 2. The highest BCUT2D eigenvalue weighted by Gasteiger charge is 2.38. The molecule has 1 saturated carbocycles. The number of carbonyl (C=O) groups is 1. The van der Waals surface area contributed by atoms with Gasteiger partial charge in [0.2, 0.25) is 0 Å². The van der Waals surface area contributed by atoms with Crippen molar-refractivity contribution in [3.05, 3.63) is 35.9 Å². The van der Waals surface area contributed by atoms with Crippen LogP contribution in [-0.2, 0) is 11.3 Å². The summed E-state index contributed by atoms with van der Waals surface area (Å²) in [6.07, 6.45) is 7.21. The summed E-state index contributed by atoms with van der Waals surface area (Å²) in [5, 5.41) is 6.30. The van der Waals surface area contributed by atoms with Crippen molar-refractivity contribution < 1.29 is 9.53 Å². The van der Waals surface area contributed by atoms with E-state index in [9.17, 15) is 4.79 Å². The van der Waals surface area contributed by atoms with E-state index < -0.39 is 0 Å². The maximum absolute atomic E-state index is 12.5. The molecule has 2 N–H and O–H groups in total. The molecule has 3 fully saturated rings. The van der Waals surface area contributed by atoms with E-state index in [0.717, 1.165) is 85.1 Å². The second-order valence-electron chi connectivity index (χ2n) is 9.95. The first-order valence-corrected chi connectivity index (χ1v) is 13.1. The zero-order valence-electron chi connectivity index (χ0n) is 20.3. The van der Waals surface area contributed by atoms with E-state index in [-0.39, 0.29) is 11.6 Å². The standard InChI is InChI=1S/C26H43N5O2/c32-25(28-23-26(10-5-2-6-11-26)31-18-20-33-21-19-31)27-12-7-13-29-14-16-30(17-15-29)22-24-8-3-1-4-9-24/h1,3-4,8-9H,2,5-7,10-23H2,(H2,27,28,32). The summed E-state index contributed by atoms with van der Waals surface area (Å²) < 4.78 is 5.56. The molecule has 2 amide bonds. The fraction of sp³-hybridized carbons (Fsp3) is 0.731. The molecule has 7 nitrogen and oxygen atoms in total. The molecule has 2 aliphatic heterocycles. The van der Waals surface area contributed by atoms with Crippen LogP contribution in [0.15, 0.2) is 30.3 Å². The van der Waals surface area contributed by atoms with E-state index in [1.54, 1.807) is 0 Å². The van der Waals surface area contributed by atoms with Gasteiger partial charge in [-0.15, -0.1) is 0 Å². The van der Waals surface area contributed by atoms with Crippen LogP contribution in [0.5, 0.6) is 0 Å². The number of carbonyl (C=O) groups excluding carboxylic acids is 1. The average molecular weight is 458 g/mol. The Labute approximate surface area is 199 Å². The normalized spacial score (nSPS) is 22.7. The van der Waals surface area contributed by atoms with Gasteiger partial charge in [0.1, 0.15) is 0 Å². The first-order valence-electron chi connectivity index (χ1n) is 13.1. The molecule has 0 atom stereocenters. The zero-order valence-corrected chi connectivity index (χ0v) is 20.3. The predicted octanol–water partition coefficient (Wildman–Crippen LogP) is 2.53. The molecule has 7 heteroatoms. The van der Waals surface area contributed by atoms with Crippen LogP contribution in [-0.4, -0.2) is 98.4 Å². The van der Waals surface area contributed by atoms with Crippen molar-refractivity contribution in [3.8, 4) is 0 Å². The van der Waals surface area contributed by atoms with E-state index in [2.05, 4.69) is 55.7 Å². The monoisotopic (exact) mass is 457 g/mol. The summed E-state index contributed by atoms with van der Waals surface area (Å²) in [7, 11) is 0. The van der Waals surface area contributed by atoms with Gasteiger partial charge in [0.15, 0.2) is 0 Å². The van der Waals surface area contributed by atoms with Gasteiger partial charge in [-0.3, -0.25) is 9.80 Å². The molecule has 4 rings (SSSR count). The lowest BCUT2D eigenvalue weighted by Crippen LogP contribution is -2.60. The summed E-state index contributed by atoms with van der Waals surface area (Å²) >= 11 is 0. The van der Waals surface area contributed by atoms with E-state index in [4.69, 9.17) is 4.74 Å². The molecule has 0 radical (unpaired) electrons. The Morgan fingerprint density at radius 2 is 1.58 bits per heavy atom. The number of nitrogens with zero attached hydrogens (tertiary/aromatic N) is 3. The first-order chi connectivity index (χ1) is 16.2. The van der Waals surface area contributed by atoms with Gasteiger partial charge in [-0.25, -0.2) is 4.79 Å². The molecule has 1 aliphatic carbocycles. The fourth-order valence-corrected chi connectivity index (χ4v) is 5.68. The van der Waals surface area contributed by atoms with Crippen LogP contribution >= 0.6 is 0 Å². The average Bonchev–Trinajstić information content (AvgIpc) is 2.88. The van der Waals surface area contributed by atoms with Gasteiger partial charge in [-0.05, 0) is 31.4 Å². The third-order valence-electron chi connectivity index (χ3n) is 7.69. The molecular formula is C26H43N5O2. The third-order valence-corrected chi connectivity index (χ3v) is 7.69. The van der Waals surface area contributed by atoms with Gasteiger partial charge in [-0.1, -0.05) is 49.6 Å². The minimum Gasteiger partial charge on any atom is -0.379 e. The van der Waals surface area contributed by atoms with Crippen molar-refractivity contribution in [2.24, 2.45) is 0 Å². The smallest absolute Gasteiger partial charge is 0.314 e. The van der Waals surface area contributed by atoms with Crippen molar-refractivity contribution in [2.75, 3.05) is 72.1 Å². The zero-order chi connectivity index (χ0) is 22.8. The highest BCUT2D eigenvalue weighted by Crippen LogP contribution is 2.33. The maximum Gasteiger partial charge on any atom is 0.314 e. The third kappa shape index (κ3) is 7.41. The molecule has 0 unspecified atom stereocenters. The van der Waals surface area contributed by atoms with Crippen LogP contribution in [0.25, 0.3) is 0 Å². The number of hydrogen-bond acceptors (Lipinski definition) is 5. The summed E-state index contributed by atoms with van der Waals surface area (Å²) in [6, 6.07) is 10.7. The molecule has 1 aromatic rings. The van der Waals surface area contributed by atoms with Gasteiger partial charge < -0.3 is 20.3 Å². The number of benzene rings is 1. The highest BCUT2D eigenvalue weighted by molar-refractivity contribution is 5.73. The van der Waals surface area contributed by atoms with E-state index in [0.29, 0.717) is 0 Å². The van der Waals surface area contributed by atoms with Crippen molar-refractivity contribution in [2.45, 2.75) is 50.6 Å².